The topological polar surface area (TPSA) is 29.1 Å². The number of carbonyl (C=O) groups excluding carboxylic acids is 1. The molecule has 7 heteroatoms. The first kappa shape index (κ1) is 15.0. The van der Waals surface area contributed by atoms with E-state index in [0.29, 0.717) is 6.07 Å². The van der Waals surface area contributed by atoms with Crippen molar-refractivity contribution in [2.45, 2.75) is 6.18 Å². The molecule has 21 heavy (non-hydrogen) atoms. The van der Waals surface area contributed by atoms with Crippen LogP contribution in [0.15, 0.2) is 42.5 Å². The number of carbonyl (C=O) groups is 1. The van der Waals surface area contributed by atoms with Gasteiger partial charge in [0.2, 0.25) is 0 Å². The minimum Gasteiger partial charge on any atom is -0.322 e. The predicted molar refractivity (Wildman–Crippen MR) is 65.8 cm³/mol. The molecule has 0 spiro atoms. The second-order valence-corrected chi connectivity index (χ2v) is 4.15. The summed E-state index contributed by atoms with van der Waals surface area (Å²) < 4.78 is 63.4. The number of nitrogens with one attached hydrogen (secondary N) is 1. The van der Waals surface area contributed by atoms with Gasteiger partial charge in [-0.3, -0.25) is 4.79 Å². The monoisotopic (exact) mass is 301 g/mol. The van der Waals surface area contributed by atoms with Gasteiger partial charge in [-0.1, -0.05) is 0 Å². The van der Waals surface area contributed by atoms with E-state index >= 15 is 0 Å². The summed E-state index contributed by atoms with van der Waals surface area (Å²) in [6.07, 6.45) is -4.49. The van der Waals surface area contributed by atoms with Crippen molar-refractivity contribution in [2.75, 3.05) is 5.32 Å². The minimum absolute atomic E-state index is 0.0386. The maximum Gasteiger partial charge on any atom is 0.416 e. The number of benzene rings is 2. The third kappa shape index (κ3) is 3.56. The van der Waals surface area contributed by atoms with E-state index in [1.165, 1.54) is 0 Å². The summed E-state index contributed by atoms with van der Waals surface area (Å²) in [5.41, 5.74) is -1.37. The fourth-order valence-electron chi connectivity index (χ4n) is 1.61. The van der Waals surface area contributed by atoms with Crippen LogP contribution in [0.3, 0.4) is 0 Å². The summed E-state index contributed by atoms with van der Waals surface area (Å²) in [6, 6.07) is 5.95. The SMILES string of the molecule is O=C(Nc1ccc(C(F)(F)F)cc1)c1cc(F)ccc1F. The molecule has 0 aliphatic rings. The quantitative estimate of drug-likeness (QED) is 0.826. The van der Waals surface area contributed by atoms with E-state index in [1.807, 2.05) is 0 Å². The van der Waals surface area contributed by atoms with Gasteiger partial charge in [0.05, 0.1) is 11.1 Å². The first-order chi connectivity index (χ1) is 9.77. The van der Waals surface area contributed by atoms with Crippen LogP contribution in [-0.2, 0) is 6.18 Å². The molecule has 2 nitrogen and oxygen atoms in total. The number of hydrogen-bond donors (Lipinski definition) is 1. The summed E-state index contributed by atoms with van der Waals surface area (Å²) in [5, 5.41) is 2.19. The number of halogens is 5. The number of hydrogen-bond acceptors (Lipinski definition) is 1. The highest BCUT2D eigenvalue weighted by atomic mass is 19.4. The summed E-state index contributed by atoms with van der Waals surface area (Å²) in [7, 11) is 0. The van der Waals surface area contributed by atoms with Crippen molar-refractivity contribution >= 4 is 11.6 Å². The number of amides is 1. The minimum atomic E-state index is -4.49. The molecule has 0 radical (unpaired) electrons. The lowest BCUT2D eigenvalue weighted by molar-refractivity contribution is -0.137. The molecule has 1 N–H and O–H groups in total. The fraction of sp³-hybridized carbons (Fsp3) is 0.0714. The Morgan fingerprint density at radius 2 is 1.57 bits per heavy atom. The van der Waals surface area contributed by atoms with Crippen molar-refractivity contribution < 1.29 is 26.7 Å². The number of rotatable bonds is 2. The van der Waals surface area contributed by atoms with Crippen LogP contribution in [0.1, 0.15) is 15.9 Å². The zero-order valence-corrected chi connectivity index (χ0v) is 10.3. The van der Waals surface area contributed by atoms with E-state index < -0.39 is 34.8 Å². The molecule has 0 fully saturated rings. The van der Waals surface area contributed by atoms with Gasteiger partial charge >= 0.3 is 6.18 Å². The van der Waals surface area contributed by atoms with Crippen molar-refractivity contribution in [2.24, 2.45) is 0 Å². The molecule has 0 bridgehead atoms. The van der Waals surface area contributed by atoms with Crippen molar-refractivity contribution in [1.82, 2.24) is 0 Å². The highest BCUT2D eigenvalue weighted by Crippen LogP contribution is 2.29. The van der Waals surface area contributed by atoms with Crippen molar-refractivity contribution in [3.05, 3.63) is 65.2 Å². The highest BCUT2D eigenvalue weighted by molar-refractivity contribution is 6.04. The van der Waals surface area contributed by atoms with Gasteiger partial charge in [-0.2, -0.15) is 13.2 Å². The molecule has 0 saturated carbocycles. The first-order valence-electron chi connectivity index (χ1n) is 5.71. The van der Waals surface area contributed by atoms with E-state index in [2.05, 4.69) is 5.32 Å². The summed E-state index contributed by atoms with van der Waals surface area (Å²) in [6.45, 7) is 0. The third-order valence-electron chi connectivity index (χ3n) is 2.64. The van der Waals surface area contributed by atoms with E-state index in [4.69, 9.17) is 0 Å². The van der Waals surface area contributed by atoms with Crippen molar-refractivity contribution in [3.63, 3.8) is 0 Å². The maximum absolute atomic E-state index is 13.4. The molecule has 2 aromatic rings. The molecule has 1 amide bonds. The molecular formula is C14H8F5NO. The lowest BCUT2D eigenvalue weighted by Crippen LogP contribution is -2.14. The molecular weight excluding hydrogens is 293 g/mol. The zero-order chi connectivity index (χ0) is 15.6. The Morgan fingerprint density at radius 1 is 0.952 bits per heavy atom. The average Bonchev–Trinajstić information content (AvgIpc) is 2.41. The maximum atomic E-state index is 13.4. The van der Waals surface area contributed by atoms with Crippen LogP contribution in [-0.4, -0.2) is 5.91 Å². The largest absolute Gasteiger partial charge is 0.416 e. The first-order valence-corrected chi connectivity index (χ1v) is 5.71. The molecule has 0 aliphatic heterocycles. The van der Waals surface area contributed by atoms with Gasteiger partial charge in [0, 0.05) is 5.69 Å². The molecule has 110 valence electrons. The second-order valence-electron chi connectivity index (χ2n) is 4.15. The average molecular weight is 301 g/mol. The fourth-order valence-corrected chi connectivity index (χ4v) is 1.61. The third-order valence-corrected chi connectivity index (χ3v) is 2.64. The molecule has 0 aliphatic carbocycles. The van der Waals surface area contributed by atoms with Crippen molar-refractivity contribution in [3.8, 4) is 0 Å². The Kier molecular flexibility index (Phi) is 3.93. The number of alkyl halides is 3. The van der Waals surface area contributed by atoms with Gasteiger partial charge in [0.25, 0.3) is 5.91 Å². The Hall–Kier alpha value is -2.44. The standard InChI is InChI=1S/C14H8F5NO/c15-9-3-6-12(16)11(7-9)13(21)20-10-4-1-8(2-5-10)14(17,18)19/h1-7H,(H,20,21). The Bertz CT molecular complexity index is 664. The van der Waals surface area contributed by atoms with Crippen LogP contribution < -0.4 is 5.32 Å². The smallest absolute Gasteiger partial charge is 0.322 e. The predicted octanol–water partition coefficient (Wildman–Crippen LogP) is 4.24. The summed E-state index contributed by atoms with van der Waals surface area (Å²) in [5.74, 6) is -2.68. The van der Waals surface area contributed by atoms with E-state index in [9.17, 15) is 26.7 Å². The van der Waals surface area contributed by atoms with E-state index in [1.54, 1.807) is 0 Å². The molecule has 0 heterocycles. The Balaban J connectivity index is 2.18. The second kappa shape index (κ2) is 5.51. The Morgan fingerprint density at radius 3 is 2.14 bits per heavy atom. The molecule has 0 atom stereocenters. The summed E-state index contributed by atoms with van der Waals surface area (Å²) in [4.78, 5) is 11.7. The van der Waals surface area contributed by atoms with Crippen LogP contribution in [0, 0.1) is 11.6 Å². The van der Waals surface area contributed by atoms with Gasteiger partial charge in [0.15, 0.2) is 0 Å². The van der Waals surface area contributed by atoms with E-state index in [-0.39, 0.29) is 5.69 Å². The lowest BCUT2D eigenvalue weighted by Gasteiger charge is -2.09. The molecule has 2 aromatic carbocycles. The van der Waals surface area contributed by atoms with Crippen LogP contribution >= 0.6 is 0 Å². The highest BCUT2D eigenvalue weighted by Gasteiger charge is 2.30. The van der Waals surface area contributed by atoms with Gasteiger partial charge in [-0.05, 0) is 42.5 Å². The van der Waals surface area contributed by atoms with Gasteiger partial charge in [-0.25, -0.2) is 8.78 Å². The van der Waals surface area contributed by atoms with Crippen LogP contribution in [0.25, 0.3) is 0 Å². The molecule has 0 aromatic heterocycles. The van der Waals surface area contributed by atoms with Crippen molar-refractivity contribution in [1.29, 1.82) is 0 Å². The van der Waals surface area contributed by atoms with Crippen LogP contribution in [0.4, 0.5) is 27.6 Å². The van der Waals surface area contributed by atoms with Gasteiger partial charge in [-0.15, -0.1) is 0 Å². The summed E-state index contributed by atoms with van der Waals surface area (Å²) >= 11 is 0. The number of anilines is 1. The normalized spacial score (nSPS) is 11.3. The molecule has 0 unspecified atom stereocenters. The van der Waals surface area contributed by atoms with Crippen LogP contribution in [0.2, 0.25) is 0 Å². The zero-order valence-electron chi connectivity index (χ0n) is 10.3. The van der Waals surface area contributed by atoms with Gasteiger partial charge in [0.1, 0.15) is 11.6 Å². The Labute approximate surface area is 116 Å². The van der Waals surface area contributed by atoms with E-state index in [0.717, 1.165) is 36.4 Å². The lowest BCUT2D eigenvalue weighted by atomic mass is 10.1. The van der Waals surface area contributed by atoms with Crippen LogP contribution in [0.5, 0.6) is 0 Å². The molecule has 2 rings (SSSR count). The van der Waals surface area contributed by atoms with Gasteiger partial charge < -0.3 is 5.32 Å². The molecule has 0 saturated heterocycles.